The van der Waals surface area contributed by atoms with Crippen molar-refractivity contribution < 1.29 is 19.0 Å². The van der Waals surface area contributed by atoms with Gasteiger partial charge < -0.3 is 24.8 Å². The highest BCUT2D eigenvalue weighted by molar-refractivity contribution is 6.06. The van der Waals surface area contributed by atoms with Crippen LogP contribution in [-0.2, 0) is 4.79 Å². The molecule has 10 heteroatoms. The monoisotopic (exact) mass is 510 g/mol. The summed E-state index contributed by atoms with van der Waals surface area (Å²) in [5.41, 5.74) is 3.29. The van der Waals surface area contributed by atoms with Crippen LogP contribution in [0.3, 0.4) is 0 Å². The molecule has 38 heavy (non-hydrogen) atoms. The molecule has 0 aliphatic carbocycles. The molecule has 1 atom stereocenters. The minimum absolute atomic E-state index is 0.291. The molecule has 0 saturated heterocycles. The summed E-state index contributed by atoms with van der Waals surface area (Å²) >= 11 is 0. The number of fused-ring (bicyclic) bond motifs is 2. The van der Waals surface area contributed by atoms with Crippen LogP contribution >= 0.6 is 0 Å². The molecule has 0 spiro atoms. The van der Waals surface area contributed by atoms with Crippen molar-refractivity contribution in [1.29, 1.82) is 0 Å². The van der Waals surface area contributed by atoms with Gasteiger partial charge in [0.05, 0.1) is 31.6 Å². The lowest BCUT2D eigenvalue weighted by molar-refractivity contribution is -0.113. The molecule has 2 N–H and O–H groups in total. The lowest BCUT2D eigenvalue weighted by Crippen LogP contribution is -2.31. The molecule has 4 aromatic rings. The summed E-state index contributed by atoms with van der Waals surface area (Å²) in [7, 11) is 1.57. The van der Waals surface area contributed by atoms with E-state index in [0.717, 1.165) is 17.5 Å². The van der Waals surface area contributed by atoms with Crippen LogP contribution in [0.2, 0.25) is 0 Å². The molecular weight excluding hydrogens is 484 g/mol. The Kier molecular flexibility index (Phi) is 6.12. The number of hydrogen-bond acceptors (Lipinski definition) is 8. The first kappa shape index (κ1) is 23.5. The molecule has 6 rings (SSSR count). The predicted octanol–water partition coefficient (Wildman–Crippen LogP) is 4.44. The van der Waals surface area contributed by atoms with E-state index in [2.05, 4.69) is 15.6 Å². The number of carbonyl (C=O) groups excluding carboxylic acids is 1. The summed E-state index contributed by atoms with van der Waals surface area (Å²) in [6.07, 6.45) is 4.20. The van der Waals surface area contributed by atoms with Gasteiger partial charge in [-0.25, -0.2) is 4.68 Å². The molecule has 0 fully saturated rings. The van der Waals surface area contributed by atoms with Gasteiger partial charge in [-0.05, 0) is 48.9 Å². The van der Waals surface area contributed by atoms with Crippen molar-refractivity contribution in [3.8, 4) is 28.6 Å². The second-order valence-corrected chi connectivity index (χ2v) is 8.92. The largest absolute Gasteiger partial charge is 0.495 e. The number of methoxy groups -OCH3 is 1. The smallest absolute Gasteiger partial charge is 0.255 e. The van der Waals surface area contributed by atoms with E-state index in [1.807, 2.05) is 49.4 Å². The van der Waals surface area contributed by atoms with E-state index < -0.39 is 6.04 Å². The first-order valence-electron chi connectivity index (χ1n) is 12.3. The van der Waals surface area contributed by atoms with Crippen LogP contribution in [0.4, 0.5) is 11.6 Å². The van der Waals surface area contributed by atoms with Crippen molar-refractivity contribution in [2.75, 3.05) is 31.0 Å². The first-order valence-corrected chi connectivity index (χ1v) is 12.3. The normalized spacial score (nSPS) is 16.2. The number of nitrogens with one attached hydrogen (secondary N) is 2. The van der Waals surface area contributed by atoms with Crippen LogP contribution in [0.15, 0.2) is 78.3 Å². The molecule has 2 aliphatic heterocycles. The molecule has 4 heterocycles. The quantitative estimate of drug-likeness (QED) is 0.405. The Hall–Kier alpha value is -4.86. The first-order chi connectivity index (χ1) is 18.6. The summed E-state index contributed by atoms with van der Waals surface area (Å²) in [6.45, 7) is 3.00. The van der Waals surface area contributed by atoms with E-state index in [1.165, 1.54) is 0 Å². The fourth-order valence-corrected chi connectivity index (χ4v) is 4.66. The predicted molar refractivity (Wildman–Crippen MR) is 141 cm³/mol. The Labute approximate surface area is 219 Å². The van der Waals surface area contributed by atoms with Gasteiger partial charge in [-0.3, -0.25) is 9.78 Å². The summed E-state index contributed by atoms with van der Waals surface area (Å²) in [5.74, 6) is 2.60. The average molecular weight is 511 g/mol. The molecule has 2 aromatic carbocycles. The number of aromatic nitrogens is 4. The van der Waals surface area contributed by atoms with Crippen LogP contribution in [0, 0.1) is 0 Å². The molecule has 0 saturated carbocycles. The van der Waals surface area contributed by atoms with Gasteiger partial charge in [-0.2, -0.15) is 4.98 Å². The Morgan fingerprint density at radius 2 is 1.95 bits per heavy atom. The maximum Gasteiger partial charge on any atom is 0.255 e. The number of hydrogen-bond donors (Lipinski definition) is 2. The SMILES string of the molecule is COc1ccccc1NC(=O)C1=C(C)Nc2nc(-c3cccnc3)nn2C1c1ccc2c(c1)OCCCO2. The van der Waals surface area contributed by atoms with Crippen LogP contribution in [0.1, 0.15) is 24.9 Å². The highest BCUT2D eigenvalue weighted by atomic mass is 16.5. The van der Waals surface area contributed by atoms with Gasteiger partial charge in [-0.1, -0.05) is 18.2 Å². The molecule has 192 valence electrons. The number of pyridine rings is 1. The van der Waals surface area contributed by atoms with E-state index in [4.69, 9.17) is 24.3 Å². The number of para-hydroxylation sites is 2. The van der Waals surface area contributed by atoms with Crippen LogP contribution in [0.5, 0.6) is 17.2 Å². The van der Waals surface area contributed by atoms with E-state index in [9.17, 15) is 4.79 Å². The summed E-state index contributed by atoms with van der Waals surface area (Å²) in [6, 6.07) is 16.2. The molecule has 10 nitrogen and oxygen atoms in total. The summed E-state index contributed by atoms with van der Waals surface area (Å²) in [5, 5.41) is 11.1. The number of nitrogens with zero attached hydrogens (tertiary/aromatic N) is 4. The lowest BCUT2D eigenvalue weighted by Gasteiger charge is -2.29. The van der Waals surface area contributed by atoms with Gasteiger partial charge in [0.25, 0.3) is 5.91 Å². The lowest BCUT2D eigenvalue weighted by atomic mass is 9.94. The summed E-state index contributed by atoms with van der Waals surface area (Å²) in [4.78, 5) is 22.8. The van der Waals surface area contributed by atoms with E-state index in [-0.39, 0.29) is 5.91 Å². The highest BCUT2D eigenvalue weighted by Crippen LogP contribution is 2.40. The molecule has 0 bridgehead atoms. The van der Waals surface area contributed by atoms with Crippen LogP contribution < -0.4 is 24.8 Å². The second-order valence-electron chi connectivity index (χ2n) is 8.92. The Morgan fingerprint density at radius 3 is 2.76 bits per heavy atom. The Bertz CT molecular complexity index is 1530. The van der Waals surface area contributed by atoms with Gasteiger partial charge in [0.2, 0.25) is 5.95 Å². The Morgan fingerprint density at radius 1 is 1.11 bits per heavy atom. The number of amides is 1. The highest BCUT2D eigenvalue weighted by Gasteiger charge is 2.35. The molecule has 2 aromatic heterocycles. The van der Waals surface area contributed by atoms with E-state index in [0.29, 0.717) is 59.2 Å². The fraction of sp³-hybridized carbons (Fsp3) is 0.214. The third-order valence-electron chi connectivity index (χ3n) is 6.46. The van der Waals surface area contributed by atoms with Crippen molar-refractivity contribution >= 4 is 17.5 Å². The van der Waals surface area contributed by atoms with Crippen molar-refractivity contribution in [2.24, 2.45) is 0 Å². The second kappa shape index (κ2) is 9.89. The van der Waals surface area contributed by atoms with E-state index in [1.54, 1.807) is 36.3 Å². The number of ether oxygens (including phenoxy) is 3. The zero-order chi connectivity index (χ0) is 26.1. The van der Waals surface area contributed by atoms with Crippen molar-refractivity contribution in [3.63, 3.8) is 0 Å². The minimum atomic E-state index is -0.587. The fourth-order valence-electron chi connectivity index (χ4n) is 4.66. The topological polar surface area (TPSA) is 112 Å². The van der Waals surface area contributed by atoms with Gasteiger partial charge in [-0.15, -0.1) is 5.10 Å². The zero-order valence-corrected chi connectivity index (χ0v) is 21.0. The zero-order valence-electron chi connectivity index (χ0n) is 21.0. The summed E-state index contributed by atoms with van der Waals surface area (Å²) < 4.78 is 19.0. The molecule has 0 radical (unpaired) electrons. The van der Waals surface area contributed by atoms with E-state index >= 15 is 0 Å². The van der Waals surface area contributed by atoms with Crippen LogP contribution in [-0.4, -0.2) is 46.0 Å². The number of carbonyl (C=O) groups is 1. The van der Waals surface area contributed by atoms with Gasteiger partial charge >= 0.3 is 0 Å². The van der Waals surface area contributed by atoms with Gasteiger partial charge in [0.15, 0.2) is 17.3 Å². The average Bonchev–Trinajstić information content (AvgIpc) is 3.22. The Balaban J connectivity index is 1.46. The number of allylic oxidation sites excluding steroid dienone is 1. The number of anilines is 2. The van der Waals surface area contributed by atoms with Crippen LogP contribution in [0.25, 0.3) is 11.4 Å². The third-order valence-corrected chi connectivity index (χ3v) is 6.46. The van der Waals surface area contributed by atoms with Gasteiger partial charge in [0, 0.05) is 30.1 Å². The third kappa shape index (κ3) is 4.30. The molecule has 1 unspecified atom stereocenters. The number of rotatable bonds is 5. The van der Waals surface area contributed by atoms with Crippen molar-refractivity contribution in [2.45, 2.75) is 19.4 Å². The minimum Gasteiger partial charge on any atom is -0.495 e. The maximum absolute atomic E-state index is 13.9. The standard InChI is InChI=1S/C28H26N6O4/c1-17-24(27(35)31-20-8-3-4-9-21(20)36-2)25(18-10-11-22-23(15-18)38-14-6-13-37-22)34-28(30-17)32-26(33-34)19-7-5-12-29-16-19/h3-5,7-12,15-16,25H,6,13-14H2,1-2H3,(H,31,35)(H,30,32,33). The maximum atomic E-state index is 13.9. The van der Waals surface area contributed by atoms with Gasteiger partial charge in [0.1, 0.15) is 11.8 Å². The molecule has 2 aliphatic rings. The molecular formula is C28H26N6O4. The van der Waals surface area contributed by atoms with Crippen molar-refractivity contribution in [1.82, 2.24) is 19.7 Å². The van der Waals surface area contributed by atoms with Crippen molar-refractivity contribution in [3.05, 3.63) is 83.8 Å². The number of benzene rings is 2. The molecule has 1 amide bonds.